The summed E-state index contributed by atoms with van der Waals surface area (Å²) in [4.78, 5) is 34.7. The lowest BCUT2D eigenvalue weighted by Crippen LogP contribution is -2.45. The Morgan fingerprint density at radius 3 is 2.50 bits per heavy atom. The van der Waals surface area contributed by atoms with Crippen LogP contribution in [-0.2, 0) is 11.4 Å². The van der Waals surface area contributed by atoms with Gasteiger partial charge in [0, 0.05) is 44.5 Å². The van der Waals surface area contributed by atoms with Crippen LogP contribution in [-0.4, -0.2) is 57.2 Å². The predicted octanol–water partition coefficient (Wildman–Crippen LogP) is 4.09. The van der Waals surface area contributed by atoms with Crippen LogP contribution in [0.15, 0.2) is 48.8 Å². The van der Waals surface area contributed by atoms with E-state index in [4.69, 9.17) is 4.74 Å². The molecule has 34 heavy (non-hydrogen) atoms. The molecule has 0 saturated carbocycles. The molecule has 3 aromatic rings. The van der Waals surface area contributed by atoms with Crippen LogP contribution in [0.25, 0.3) is 5.65 Å². The van der Waals surface area contributed by atoms with Gasteiger partial charge in [0.15, 0.2) is 0 Å². The molecule has 7 heteroatoms. The van der Waals surface area contributed by atoms with Crippen LogP contribution in [0, 0.1) is 12.8 Å². The van der Waals surface area contributed by atoms with Crippen LogP contribution in [0.3, 0.4) is 0 Å². The second-order valence-electron chi connectivity index (χ2n) is 9.39. The van der Waals surface area contributed by atoms with E-state index in [1.807, 2.05) is 69.9 Å². The van der Waals surface area contributed by atoms with E-state index >= 15 is 0 Å². The number of carbonyl (C=O) groups excluding carboxylic acids is 2. The van der Waals surface area contributed by atoms with E-state index in [0.717, 1.165) is 55.7 Å². The lowest BCUT2D eigenvalue weighted by atomic mass is 9.94. The van der Waals surface area contributed by atoms with Gasteiger partial charge in [-0.15, -0.1) is 0 Å². The molecule has 0 unspecified atom stereocenters. The lowest BCUT2D eigenvalue weighted by molar-refractivity contribution is -0.137. The van der Waals surface area contributed by atoms with Crippen molar-refractivity contribution in [2.75, 3.05) is 26.2 Å². The van der Waals surface area contributed by atoms with Gasteiger partial charge >= 0.3 is 0 Å². The number of carbonyl (C=O) groups is 2. The average molecular weight is 461 g/mol. The number of amides is 2. The number of hydrogen-bond acceptors (Lipinski definition) is 4. The predicted molar refractivity (Wildman–Crippen MR) is 130 cm³/mol. The van der Waals surface area contributed by atoms with Gasteiger partial charge < -0.3 is 18.9 Å². The van der Waals surface area contributed by atoms with Crippen molar-refractivity contribution in [3.63, 3.8) is 0 Å². The fourth-order valence-electron chi connectivity index (χ4n) is 5.07. The Morgan fingerprint density at radius 1 is 0.971 bits per heavy atom. The molecule has 7 nitrogen and oxygen atoms in total. The molecular weight excluding hydrogens is 428 g/mol. The molecular formula is C27H32N4O3. The summed E-state index contributed by atoms with van der Waals surface area (Å²) in [5.74, 6) is 0.837. The van der Waals surface area contributed by atoms with Crippen molar-refractivity contribution in [1.29, 1.82) is 0 Å². The topological polar surface area (TPSA) is 67.2 Å². The zero-order chi connectivity index (χ0) is 23.5. The fourth-order valence-corrected chi connectivity index (χ4v) is 5.07. The second-order valence-corrected chi connectivity index (χ2v) is 9.39. The van der Waals surface area contributed by atoms with Gasteiger partial charge in [0.2, 0.25) is 5.91 Å². The van der Waals surface area contributed by atoms with Gasteiger partial charge in [-0.3, -0.25) is 9.59 Å². The second kappa shape index (κ2) is 9.87. The van der Waals surface area contributed by atoms with Crippen molar-refractivity contribution in [2.24, 2.45) is 5.92 Å². The first-order valence-electron chi connectivity index (χ1n) is 12.3. The minimum absolute atomic E-state index is 0.0344. The third-order valence-corrected chi connectivity index (χ3v) is 7.02. The summed E-state index contributed by atoms with van der Waals surface area (Å²) in [7, 11) is 0. The molecule has 5 rings (SSSR count). The number of para-hydroxylation sites is 1. The monoisotopic (exact) mass is 460 g/mol. The standard InChI is InChI=1S/C27H32N4O3/c1-20-8-7-15-31-18-22(28-25(20)31)19-34-24-10-4-3-9-23(24)27(33)30-16-11-21(12-17-30)26(32)29-13-5-2-6-14-29/h3-4,7-10,15,18,21H,2,5-6,11-14,16-17,19H2,1H3. The number of ether oxygens (including phenoxy) is 1. The maximum atomic E-state index is 13.3. The highest BCUT2D eigenvalue weighted by Crippen LogP contribution is 2.26. The number of likely N-dealkylation sites (tertiary alicyclic amines) is 2. The summed E-state index contributed by atoms with van der Waals surface area (Å²) >= 11 is 0. The Labute approximate surface area is 200 Å². The summed E-state index contributed by atoms with van der Waals surface area (Å²) in [6, 6.07) is 11.4. The van der Waals surface area contributed by atoms with E-state index in [1.54, 1.807) is 0 Å². The Bertz CT molecular complexity index is 1170. The first-order chi connectivity index (χ1) is 16.6. The number of rotatable bonds is 5. The van der Waals surface area contributed by atoms with Crippen molar-refractivity contribution >= 4 is 17.5 Å². The van der Waals surface area contributed by atoms with Gasteiger partial charge in [0.1, 0.15) is 18.0 Å². The summed E-state index contributed by atoms with van der Waals surface area (Å²) in [5, 5.41) is 0. The maximum absolute atomic E-state index is 13.3. The van der Waals surface area contributed by atoms with Crippen LogP contribution in [0.5, 0.6) is 5.75 Å². The smallest absolute Gasteiger partial charge is 0.257 e. The van der Waals surface area contributed by atoms with Crippen molar-refractivity contribution in [2.45, 2.75) is 45.6 Å². The molecule has 4 heterocycles. The summed E-state index contributed by atoms with van der Waals surface area (Å²) in [5.41, 5.74) is 3.38. The molecule has 2 fully saturated rings. The summed E-state index contributed by atoms with van der Waals surface area (Å²) in [6.07, 6.45) is 8.81. The van der Waals surface area contributed by atoms with Gasteiger partial charge in [-0.05, 0) is 62.8 Å². The number of nitrogens with zero attached hydrogens (tertiary/aromatic N) is 4. The van der Waals surface area contributed by atoms with E-state index in [-0.39, 0.29) is 24.3 Å². The molecule has 2 aromatic heterocycles. The van der Waals surface area contributed by atoms with Crippen LogP contribution in [0.4, 0.5) is 0 Å². The number of aromatic nitrogens is 2. The number of piperidine rings is 2. The normalized spacial score (nSPS) is 17.2. The molecule has 2 amide bonds. The molecule has 2 saturated heterocycles. The minimum atomic E-state index is -0.0367. The molecule has 0 aliphatic carbocycles. The lowest BCUT2D eigenvalue weighted by Gasteiger charge is -2.35. The number of hydrogen-bond donors (Lipinski definition) is 0. The molecule has 0 spiro atoms. The van der Waals surface area contributed by atoms with E-state index in [1.165, 1.54) is 6.42 Å². The zero-order valence-corrected chi connectivity index (χ0v) is 19.8. The molecule has 2 aliphatic heterocycles. The van der Waals surface area contributed by atoms with Crippen molar-refractivity contribution < 1.29 is 14.3 Å². The van der Waals surface area contributed by atoms with Gasteiger partial charge in [-0.2, -0.15) is 0 Å². The van der Waals surface area contributed by atoms with Crippen LogP contribution in [0.1, 0.15) is 53.7 Å². The third-order valence-electron chi connectivity index (χ3n) is 7.02. The number of imidazole rings is 1. The highest BCUT2D eigenvalue weighted by atomic mass is 16.5. The largest absolute Gasteiger partial charge is 0.486 e. The highest BCUT2D eigenvalue weighted by Gasteiger charge is 2.31. The highest BCUT2D eigenvalue weighted by molar-refractivity contribution is 5.97. The Balaban J connectivity index is 1.22. The molecule has 2 aliphatic rings. The Hall–Kier alpha value is -3.35. The number of benzene rings is 1. The van der Waals surface area contributed by atoms with Crippen LogP contribution < -0.4 is 4.74 Å². The average Bonchev–Trinajstić information content (AvgIpc) is 3.32. The number of aryl methyl sites for hydroxylation is 1. The van der Waals surface area contributed by atoms with Gasteiger partial charge in [-0.25, -0.2) is 4.98 Å². The zero-order valence-electron chi connectivity index (χ0n) is 19.8. The molecule has 0 N–H and O–H groups in total. The van der Waals surface area contributed by atoms with Crippen molar-refractivity contribution in [3.8, 4) is 5.75 Å². The molecule has 0 bridgehead atoms. The Morgan fingerprint density at radius 2 is 1.74 bits per heavy atom. The van der Waals surface area contributed by atoms with Crippen molar-refractivity contribution in [3.05, 3.63) is 65.6 Å². The Kier molecular flexibility index (Phi) is 6.52. The van der Waals surface area contributed by atoms with Gasteiger partial charge in [0.05, 0.1) is 11.3 Å². The van der Waals surface area contributed by atoms with E-state index in [0.29, 0.717) is 24.4 Å². The van der Waals surface area contributed by atoms with Gasteiger partial charge in [0.25, 0.3) is 5.91 Å². The molecule has 1 aromatic carbocycles. The quantitative estimate of drug-likeness (QED) is 0.575. The summed E-state index contributed by atoms with van der Waals surface area (Å²) in [6.45, 7) is 5.29. The fraction of sp³-hybridized carbons (Fsp3) is 0.444. The first-order valence-corrected chi connectivity index (χ1v) is 12.3. The van der Waals surface area contributed by atoms with Crippen LogP contribution in [0.2, 0.25) is 0 Å². The molecule has 0 atom stereocenters. The summed E-state index contributed by atoms with van der Waals surface area (Å²) < 4.78 is 8.05. The third kappa shape index (κ3) is 4.65. The maximum Gasteiger partial charge on any atom is 0.257 e. The number of fused-ring (bicyclic) bond motifs is 1. The van der Waals surface area contributed by atoms with Crippen LogP contribution >= 0.6 is 0 Å². The number of pyridine rings is 1. The minimum Gasteiger partial charge on any atom is -0.486 e. The molecule has 178 valence electrons. The van der Waals surface area contributed by atoms with E-state index < -0.39 is 0 Å². The van der Waals surface area contributed by atoms with Crippen molar-refractivity contribution in [1.82, 2.24) is 19.2 Å². The van der Waals surface area contributed by atoms with Gasteiger partial charge in [-0.1, -0.05) is 18.2 Å². The first kappa shape index (κ1) is 22.4. The van der Waals surface area contributed by atoms with E-state index in [2.05, 4.69) is 4.98 Å². The van der Waals surface area contributed by atoms with E-state index in [9.17, 15) is 9.59 Å². The molecule has 0 radical (unpaired) electrons. The SMILES string of the molecule is Cc1cccn2cc(COc3ccccc3C(=O)N3CCC(C(=O)N4CCCCC4)CC3)nc12.